The molecule has 0 spiro atoms. The Kier molecular flexibility index (Phi) is 6.34. The van der Waals surface area contributed by atoms with Crippen LogP contribution >= 0.6 is 11.3 Å². The van der Waals surface area contributed by atoms with E-state index in [0.29, 0.717) is 28.7 Å². The fourth-order valence-electron chi connectivity index (χ4n) is 3.80. The largest absolute Gasteiger partial charge is 0.465 e. The second-order valence-electron chi connectivity index (χ2n) is 7.96. The van der Waals surface area contributed by atoms with Gasteiger partial charge in [-0.2, -0.15) is 0 Å². The molecule has 6 nitrogen and oxygen atoms in total. The first-order valence-corrected chi connectivity index (χ1v) is 11.3. The van der Waals surface area contributed by atoms with Crippen LogP contribution in [0.3, 0.4) is 0 Å². The minimum atomic E-state index is -0.428. The van der Waals surface area contributed by atoms with E-state index in [1.165, 1.54) is 24.0 Å². The van der Waals surface area contributed by atoms with Crippen LogP contribution in [0.2, 0.25) is 0 Å². The number of methoxy groups -OCH3 is 1. The van der Waals surface area contributed by atoms with Crippen molar-refractivity contribution < 1.29 is 19.1 Å². The molecule has 4 rings (SSSR count). The molecule has 0 radical (unpaired) electrons. The number of ether oxygens (including phenoxy) is 2. The molecule has 1 aliphatic heterocycles. The van der Waals surface area contributed by atoms with Gasteiger partial charge in [-0.1, -0.05) is 37.3 Å². The Morgan fingerprint density at radius 2 is 1.94 bits per heavy atom. The summed E-state index contributed by atoms with van der Waals surface area (Å²) in [5.41, 5.74) is 3.02. The van der Waals surface area contributed by atoms with E-state index in [1.807, 2.05) is 12.1 Å². The minimum Gasteiger partial charge on any atom is -0.465 e. The summed E-state index contributed by atoms with van der Waals surface area (Å²) < 4.78 is 11.6. The molecule has 162 valence electrons. The number of rotatable bonds is 6. The molecule has 0 aliphatic carbocycles. The van der Waals surface area contributed by atoms with E-state index in [-0.39, 0.29) is 12.0 Å². The zero-order chi connectivity index (χ0) is 22.0. The van der Waals surface area contributed by atoms with Crippen molar-refractivity contribution >= 4 is 38.6 Å². The van der Waals surface area contributed by atoms with Gasteiger partial charge in [0.05, 0.1) is 35.5 Å². The zero-order valence-electron chi connectivity index (χ0n) is 18.0. The summed E-state index contributed by atoms with van der Waals surface area (Å²) in [4.78, 5) is 31.8. The number of carbonyl (C=O) groups excluding carboxylic acids is 2. The molecule has 1 atom stereocenters. The molecule has 1 fully saturated rings. The Morgan fingerprint density at radius 1 is 1.19 bits per heavy atom. The third kappa shape index (κ3) is 4.48. The van der Waals surface area contributed by atoms with Gasteiger partial charge < -0.3 is 9.47 Å². The number of aromatic nitrogens is 1. The number of hydrogen-bond acceptors (Lipinski definition) is 6. The molecule has 1 aliphatic rings. The fourth-order valence-corrected chi connectivity index (χ4v) is 4.81. The van der Waals surface area contributed by atoms with Crippen LogP contribution in [0.1, 0.15) is 58.9 Å². The first-order chi connectivity index (χ1) is 15.0. The number of nitrogens with zero attached hydrogens (tertiary/aromatic N) is 2. The van der Waals surface area contributed by atoms with Crippen molar-refractivity contribution in [3.63, 3.8) is 0 Å². The molecule has 1 unspecified atom stereocenters. The van der Waals surface area contributed by atoms with Gasteiger partial charge in [0.1, 0.15) is 0 Å². The van der Waals surface area contributed by atoms with Crippen LogP contribution in [-0.4, -0.2) is 43.2 Å². The maximum atomic E-state index is 13.5. The molecule has 1 saturated heterocycles. The molecule has 3 aromatic rings. The van der Waals surface area contributed by atoms with Gasteiger partial charge in [-0.25, -0.2) is 9.78 Å². The van der Waals surface area contributed by atoms with Gasteiger partial charge in [-0.15, -0.1) is 0 Å². The summed E-state index contributed by atoms with van der Waals surface area (Å²) in [5, 5.41) is 0.667. The topological polar surface area (TPSA) is 68.7 Å². The van der Waals surface area contributed by atoms with E-state index in [1.54, 1.807) is 29.2 Å². The Hall–Kier alpha value is -2.77. The van der Waals surface area contributed by atoms with Crippen molar-refractivity contribution in [1.82, 2.24) is 4.98 Å². The van der Waals surface area contributed by atoms with Crippen molar-refractivity contribution in [2.24, 2.45) is 0 Å². The van der Waals surface area contributed by atoms with E-state index in [0.717, 1.165) is 29.7 Å². The molecule has 1 amide bonds. The van der Waals surface area contributed by atoms with E-state index >= 15 is 0 Å². The lowest BCUT2D eigenvalue weighted by molar-refractivity contribution is 0.0600. The number of esters is 1. The molecule has 7 heteroatoms. The summed E-state index contributed by atoms with van der Waals surface area (Å²) in [7, 11) is 1.34. The molecule has 0 bridgehead atoms. The van der Waals surface area contributed by atoms with E-state index in [9.17, 15) is 9.59 Å². The van der Waals surface area contributed by atoms with Crippen molar-refractivity contribution in [2.75, 3.05) is 25.2 Å². The van der Waals surface area contributed by atoms with Crippen LogP contribution < -0.4 is 4.90 Å². The van der Waals surface area contributed by atoms with E-state index in [2.05, 4.69) is 19.9 Å². The summed E-state index contributed by atoms with van der Waals surface area (Å²) in [5.74, 6) is -0.244. The normalized spacial score (nSPS) is 16.1. The predicted molar refractivity (Wildman–Crippen MR) is 122 cm³/mol. The maximum absolute atomic E-state index is 13.5. The van der Waals surface area contributed by atoms with Gasteiger partial charge in [0.2, 0.25) is 0 Å². The summed E-state index contributed by atoms with van der Waals surface area (Å²) >= 11 is 1.52. The van der Waals surface area contributed by atoms with Crippen molar-refractivity contribution in [3.8, 4) is 0 Å². The Morgan fingerprint density at radius 3 is 2.58 bits per heavy atom. The Labute approximate surface area is 185 Å². The van der Waals surface area contributed by atoms with Gasteiger partial charge >= 0.3 is 5.97 Å². The Balaban J connectivity index is 1.70. The molecule has 0 saturated carbocycles. The summed E-state index contributed by atoms with van der Waals surface area (Å²) in [6, 6.07) is 12.7. The smallest absolute Gasteiger partial charge is 0.337 e. The van der Waals surface area contributed by atoms with Gasteiger partial charge in [-0.05, 0) is 54.7 Å². The zero-order valence-corrected chi connectivity index (χ0v) is 18.8. The molecule has 2 heterocycles. The molecular formula is C24H26N2O4S. The highest BCUT2D eigenvalue weighted by molar-refractivity contribution is 7.22. The second-order valence-corrected chi connectivity index (χ2v) is 8.97. The quantitative estimate of drug-likeness (QED) is 0.505. The van der Waals surface area contributed by atoms with E-state index in [4.69, 9.17) is 14.5 Å². The fraction of sp³-hybridized carbons (Fsp3) is 0.375. The summed E-state index contributed by atoms with van der Waals surface area (Å²) in [6.45, 7) is 5.46. The lowest BCUT2D eigenvalue weighted by Gasteiger charge is -2.23. The lowest BCUT2D eigenvalue weighted by atomic mass is 10.0. The Bertz CT molecular complexity index is 1080. The third-order valence-corrected chi connectivity index (χ3v) is 6.54. The van der Waals surface area contributed by atoms with Crippen LogP contribution in [0, 0.1) is 0 Å². The van der Waals surface area contributed by atoms with Gasteiger partial charge in [0.15, 0.2) is 5.13 Å². The number of anilines is 1. The highest BCUT2D eigenvalue weighted by atomic mass is 32.1. The van der Waals surface area contributed by atoms with Crippen molar-refractivity contribution in [1.29, 1.82) is 0 Å². The first-order valence-electron chi connectivity index (χ1n) is 10.5. The average molecular weight is 439 g/mol. The highest BCUT2D eigenvalue weighted by Gasteiger charge is 2.27. The van der Waals surface area contributed by atoms with Crippen LogP contribution in [0.5, 0.6) is 0 Å². The molecule has 0 N–H and O–H groups in total. The van der Waals surface area contributed by atoms with Gasteiger partial charge in [0, 0.05) is 12.2 Å². The SMILES string of the molecule is COC(=O)c1ccc(C(=O)N(CC2CCCO2)c2nc3c(C(C)C)cccc3s2)cc1. The van der Waals surface area contributed by atoms with E-state index < -0.39 is 5.97 Å². The highest BCUT2D eigenvalue weighted by Crippen LogP contribution is 2.34. The molecule has 1 aromatic heterocycles. The second kappa shape index (κ2) is 9.16. The minimum absolute atomic E-state index is 0.00475. The number of fused-ring (bicyclic) bond motifs is 1. The first kappa shape index (κ1) is 21.5. The van der Waals surface area contributed by atoms with Crippen molar-refractivity contribution in [2.45, 2.75) is 38.7 Å². The average Bonchev–Trinajstić information content (AvgIpc) is 3.45. The standard InChI is InChI=1S/C24H26N2O4S/c1-15(2)19-7-4-8-20-21(19)25-24(31-20)26(14-18-6-5-13-30-18)22(27)16-9-11-17(12-10-16)23(28)29-3/h4,7-12,15,18H,5-6,13-14H2,1-3H3. The van der Waals surface area contributed by atoms with Crippen LogP contribution in [-0.2, 0) is 9.47 Å². The van der Waals surface area contributed by atoms with Crippen LogP contribution in [0.4, 0.5) is 5.13 Å². The maximum Gasteiger partial charge on any atom is 0.337 e. The van der Waals surface area contributed by atoms with Gasteiger partial charge in [0.25, 0.3) is 5.91 Å². The monoisotopic (exact) mass is 438 g/mol. The van der Waals surface area contributed by atoms with Crippen LogP contribution in [0.25, 0.3) is 10.2 Å². The number of para-hydroxylation sites is 1. The van der Waals surface area contributed by atoms with Gasteiger partial charge in [-0.3, -0.25) is 9.69 Å². The summed E-state index contributed by atoms with van der Waals surface area (Å²) in [6.07, 6.45) is 1.92. The number of carbonyl (C=O) groups is 2. The number of amides is 1. The molecule has 2 aromatic carbocycles. The molecule has 31 heavy (non-hydrogen) atoms. The molecular weight excluding hydrogens is 412 g/mol. The number of thiazole rings is 1. The number of benzene rings is 2. The predicted octanol–water partition coefficient (Wildman–Crippen LogP) is 5.03. The number of hydrogen-bond donors (Lipinski definition) is 0. The third-order valence-electron chi connectivity index (χ3n) is 5.50. The lowest BCUT2D eigenvalue weighted by Crippen LogP contribution is -2.37. The van der Waals surface area contributed by atoms with Crippen LogP contribution in [0.15, 0.2) is 42.5 Å². The van der Waals surface area contributed by atoms with Crippen molar-refractivity contribution in [3.05, 3.63) is 59.2 Å².